The summed E-state index contributed by atoms with van der Waals surface area (Å²) in [5, 5.41) is 22.2. The second kappa shape index (κ2) is 8.08. The molecule has 4 fully saturated rings. The first-order valence-electron chi connectivity index (χ1n) is 14.9. The van der Waals surface area contributed by atoms with Crippen molar-refractivity contribution < 1.29 is 24.5 Å². The van der Waals surface area contributed by atoms with E-state index in [1.807, 2.05) is 0 Å². The number of aliphatic carboxylic acids is 1. The largest absolute Gasteiger partial charge is 0.481 e. The lowest BCUT2D eigenvalue weighted by Gasteiger charge is -2.72. The molecule has 0 spiro atoms. The molecule has 208 valence electrons. The fraction of sp³-hybridized carbons (Fsp3) is 0.875. The highest BCUT2D eigenvalue weighted by Gasteiger charge is 2.71. The van der Waals surface area contributed by atoms with Crippen molar-refractivity contribution in [3.05, 3.63) is 11.6 Å². The van der Waals surface area contributed by atoms with Crippen LogP contribution in [0.5, 0.6) is 0 Å². The predicted octanol–water partition coefficient (Wildman–Crippen LogP) is 6.98. The zero-order valence-corrected chi connectivity index (χ0v) is 24.4. The third kappa shape index (κ3) is 3.25. The van der Waals surface area contributed by atoms with Crippen molar-refractivity contribution in [2.75, 3.05) is 0 Å². The Labute approximate surface area is 223 Å². The number of carboxylic acids is 1. The number of fused-ring (bicyclic) bond motifs is 7. The Bertz CT molecular complexity index is 1030. The minimum atomic E-state index is -1.43. The van der Waals surface area contributed by atoms with Crippen LogP contribution < -0.4 is 0 Å². The Hall–Kier alpha value is -1.36. The third-order valence-corrected chi connectivity index (χ3v) is 13.9. The number of esters is 1. The number of hydrogen-bond acceptors (Lipinski definition) is 4. The first-order valence-corrected chi connectivity index (χ1v) is 14.9. The SMILES string of the molecule is CC(=O)O[C@@]1(O)CC[C@@]2(C)C(CC[C@]3(C)[C@@H]2CC=C2[C@@H]4[C@@H](C)[C@H](C)CC[C@]4(C(=O)O)CC[C@]23C)C1(C)C. The van der Waals surface area contributed by atoms with Crippen LogP contribution in [0.4, 0.5) is 0 Å². The standard InChI is InChI=1S/C32H50O5/c1-19-11-14-31(26(34)35)17-16-29(7)22(25(31)20(19)2)9-10-24-28(6)15-18-32(36,37-21(3)33)27(4,5)23(28)12-13-30(24,29)8/h9,19-20,23-25,36H,10-18H2,1-8H3,(H,34,35)/t19-,20+,23?,24-,25+,28+,29-,30-,31+,32+/m1/s1. The van der Waals surface area contributed by atoms with Crippen LogP contribution in [0.1, 0.15) is 113 Å². The van der Waals surface area contributed by atoms with Crippen LogP contribution in [0, 0.1) is 56.7 Å². The molecule has 0 radical (unpaired) electrons. The van der Waals surface area contributed by atoms with Gasteiger partial charge in [-0.05, 0) is 97.2 Å². The van der Waals surface area contributed by atoms with Crippen LogP contribution in [-0.2, 0) is 14.3 Å². The maximum absolute atomic E-state index is 12.9. The van der Waals surface area contributed by atoms with E-state index >= 15 is 0 Å². The molecule has 10 atom stereocenters. The molecule has 4 saturated carbocycles. The molecule has 5 rings (SSSR count). The van der Waals surface area contributed by atoms with E-state index < -0.39 is 28.6 Å². The van der Waals surface area contributed by atoms with Crippen LogP contribution in [-0.4, -0.2) is 27.9 Å². The summed E-state index contributed by atoms with van der Waals surface area (Å²) in [6.45, 7) is 17.6. The van der Waals surface area contributed by atoms with Gasteiger partial charge in [-0.1, -0.05) is 60.1 Å². The van der Waals surface area contributed by atoms with E-state index in [0.29, 0.717) is 24.2 Å². The Kier molecular flexibility index (Phi) is 5.95. The maximum Gasteiger partial charge on any atom is 0.310 e. The molecular weight excluding hydrogens is 464 g/mol. The van der Waals surface area contributed by atoms with Gasteiger partial charge >= 0.3 is 11.9 Å². The maximum atomic E-state index is 12.9. The Morgan fingerprint density at radius 2 is 1.59 bits per heavy atom. The number of hydrogen-bond donors (Lipinski definition) is 2. The second-order valence-corrected chi connectivity index (χ2v) is 15.2. The molecule has 5 aliphatic rings. The molecule has 0 aromatic carbocycles. The van der Waals surface area contributed by atoms with Crippen molar-refractivity contribution in [3.8, 4) is 0 Å². The summed E-state index contributed by atoms with van der Waals surface area (Å²) >= 11 is 0. The number of aliphatic hydroxyl groups is 1. The minimum Gasteiger partial charge on any atom is -0.481 e. The van der Waals surface area contributed by atoms with E-state index in [9.17, 15) is 19.8 Å². The number of allylic oxidation sites excluding steroid dienone is 2. The highest BCUT2D eigenvalue weighted by Crippen LogP contribution is 2.76. The van der Waals surface area contributed by atoms with Gasteiger partial charge in [0.2, 0.25) is 5.79 Å². The lowest BCUT2D eigenvalue weighted by atomic mass is 9.33. The van der Waals surface area contributed by atoms with Crippen molar-refractivity contribution in [2.45, 2.75) is 119 Å². The van der Waals surface area contributed by atoms with E-state index in [1.54, 1.807) is 0 Å². The van der Waals surface area contributed by atoms with E-state index in [4.69, 9.17) is 4.74 Å². The summed E-state index contributed by atoms with van der Waals surface area (Å²) in [5.41, 5.74) is 0.353. The van der Waals surface area contributed by atoms with Crippen LogP contribution in [0.15, 0.2) is 11.6 Å². The van der Waals surface area contributed by atoms with Gasteiger partial charge in [0.1, 0.15) is 0 Å². The topological polar surface area (TPSA) is 83.8 Å². The van der Waals surface area contributed by atoms with Gasteiger partial charge in [0.05, 0.1) is 5.41 Å². The average Bonchev–Trinajstić information content (AvgIpc) is 2.79. The van der Waals surface area contributed by atoms with Crippen LogP contribution in [0.25, 0.3) is 0 Å². The van der Waals surface area contributed by atoms with E-state index in [0.717, 1.165) is 51.4 Å². The zero-order chi connectivity index (χ0) is 27.4. The highest BCUT2D eigenvalue weighted by atomic mass is 16.7. The predicted molar refractivity (Wildman–Crippen MR) is 143 cm³/mol. The normalized spacial score (nSPS) is 52.5. The molecule has 5 nitrogen and oxygen atoms in total. The fourth-order valence-electron chi connectivity index (χ4n) is 11.2. The van der Waals surface area contributed by atoms with Gasteiger partial charge in [-0.25, -0.2) is 0 Å². The number of carbonyl (C=O) groups is 2. The fourth-order valence-corrected chi connectivity index (χ4v) is 11.2. The van der Waals surface area contributed by atoms with Gasteiger partial charge in [0.25, 0.3) is 0 Å². The molecule has 2 N–H and O–H groups in total. The van der Waals surface area contributed by atoms with Crippen molar-refractivity contribution >= 4 is 11.9 Å². The number of rotatable bonds is 2. The molecular formula is C32H50O5. The smallest absolute Gasteiger partial charge is 0.310 e. The summed E-state index contributed by atoms with van der Waals surface area (Å²) < 4.78 is 5.62. The summed E-state index contributed by atoms with van der Waals surface area (Å²) in [5.74, 6) is -0.721. The monoisotopic (exact) mass is 514 g/mol. The number of ether oxygens (including phenoxy) is 1. The molecule has 1 unspecified atom stereocenters. The molecule has 0 saturated heterocycles. The van der Waals surface area contributed by atoms with Crippen molar-refractivity contribution in [3.63, 3.8) is 0 Å². The molecule has 0 aliphatic heterocycles. The lowest BCUT2D eigenvalue weighted by Crippen LogP contribution is -2.68. The minimum absolute atomic E-state index is 0.0146. The van der Waals surface area contributed by atoms with E-state index in [2.05, 4.69) is 54.5 Å². The Morgan fingerprint density at radius 3 is 2.22 bits per heavy atom. The molecule has 5 heteroatoms. The van der Waals surface area contributed by atoms with Crippen molar-refractivity contribution in [1.29, 1.82) is 0 Å². The van der Waals surface area contributed by atoms with Gasteiger partial charge < -0.3 is 14.9 Å². The van der Waals surface area contributed by atoms with Gasteiger partial charge in [-0.3, -0.25) is 9.59 Å². The van der Waals surface area contributed by atoms with E-state index in [1.165, 1.54) is 12.5 Å². The summed E-state index contributed by atoms with van der Waals surface area (Å²) in [4.78, 5) is 24.8. The van der Waals surface area contributed by atoms with Gasteiger partial charge in [-0.2, -0.15) is 0 Å². The molecule has 5 aliphatic carbocycles. The Morgan fingerprint density at radius 1 is 0.919 bits per heavy atom. The third-order valence-electron chi connectivity index (χ3n) is 13.9. The molecule has 0 aromatic rings. The summed E-state index contributed by atoms with van der Waals surface area (Å²) in [6.07, 6.45) is 10.3. The first kappa shape index (κ1) is 27.2. The summed E-state index contributed by atoms with van der Waals surface area (Å²) in [7, 11) is 0. The van der Waals surface area contributed by atoms with Crippen LogP contribution >= 0.6 is 0 Å². The van der Waals surface area contributed by atoms with Crippen LogP contribution in [0.3, 0.4) is 0 Å². The van der Waals surface area contributed by atoms with Gasteiger partial charge in [0.15, 0.2) is 0 Å². The van der Waals surface area contributed by atoms with E-state index in [-0.39, 0.29) is 28.1 Å². The quantitative estimate of drug-likeness (QED) is 0.236. The molecule has 37 heavy (non-hydrogen) atoms. The summed E-state index contributed by atoms with van der Waals surface area (Å²) in [6, 6.07) is 0. The highest BCUT2D eigenvalue weighted by molar-refractivity contribution is 5.76. The molecule has 0 heterocycles. The average molecular weight is 515 g/mol. The van der Waals surface area contributed by atoms with Gasteiger partial charge in [-0.15, -0.1) is 0 Å². The number of carboxylic acid groups (broad SMARTS) is 1. The van der Waals surface area contributed by atoms with Crippen molar-refractivity contribution in [2.24, 2.45) is 56.7 Å². The lowest BCUT2D eigenvalue weighted by molar-refractivity contribution is -0.316. The molecule has 0 aromatic heterocycles. The molecule has 0 amide bonds. The number of carbonyl (C=O) groups excluding carboxylic acids is 1. The van der Waals surface area contributed by atoms with Crippen LogP contribution in [0.2, 0.25) is 0 Å². The second-order valence-electron chi connectivity index (χ2n) is 15.2. The van der Waals surface area contributed by atoms with Gasteiger partial charge in [0, 0.05) is 18.8 Å². The zero-order valence-electron chi connectivity index (χ0n) is 24.4. The first-order chi connectivity index (χ1) is 17.0. The van der Waals surface area contributed by atoms with Crippen molar-refractivity contribution in [1.82, 2.24) is 0 Å². The Balaban J connectivity index is 1.58. The molecule has 0 bridgehead atoms.